The van der Waals surface area contributed by atoms with Crippen LogP contribution in [0.4, 0.5) is 26.3 Å². The number of benzene rings is 2. The molecule has 44 heavy (non-hydrogen) atoms. The van der Waals surface area contributed by atoms with Crippen LogP contribution in [0.3, 0.4) is 0 Å². The van der Waals surface area contributed by atoms with Gasteiger partial charge in [-0.05, 0) is 35.8 Å². The van der Waals surface area contributed by atoms with Gasteiger partial charge in [-0.3, -0.25) is 0 Å². The van der Waals surface area contributed by atoms with Gasteiger partial charge in [-0.15, -0.1) is 0 Å². The summed E-state index contributed by atoms with van der Waals surface area (Å²) >= 11 is 0. The Kier molecular flexibility index (Phi) is 15.6. The van der Waals surface area contributed by atoms with E-state index < -0.39 is 23.5 Å². The minimum Gasteiger partial charge on any atom is -0.165 e. The fraction of sp³-hybridized carbons (Fsp3) is 0.368. The smallest absolute Gasteiger partial charge is 0.165 e. The first-order chi connectivity index (χ1) is 21.1. The second kappa shape index (κ2) is 19.1. The van der Waals surface area contributed by atoms with E-state index in [9.17, 15) is 26.3 Å². The zero-order chi connectivity index (χ0) is 32.3. The SMILES string of the molecule is CCCCCCC#C/C(=C(/C#CC#C/C(=C(/C#CCCCCCC)C(F)(F)F)c1ccccc1)c1ccccc1)C(F)(F)F. The molecular formula is C38H36F6. The monoisotopic (exact) mass is 606 g/mol. The first kappa shape index (κ1) is 35.9. The van der Waals surface area contributed by atoms with Gasteiger partial charge in [-0.25, -0.2) is 0 Å². The molecule has 0 saturated carbocycles. The van der Waals surface area contributed by atoms with Crippen molar-refractivity contribution in [2.24, 2.45) is 0 Å². The van der Waals surface area contributed by atoms with Crippen LogP contribution in [0.1, 0.15) is 89.2 Å². The van der Waals surface area contributed by atoms with Gasteiger partial charge < -0.3 is 0 Å². The van der Waals surface area contributed by atoms with Crippen LogP contribution in [0.15, 0.2) is 71.8 Å². The van der Waals surface area contributed by atoms with Crippen LogP contribution < -0.4 is 0 Å². The number of hydrogen-bond donors (Lipinski definition) is 0. The molecule has 0 aromatic heterocycles. The fourth-order valence-electron chi connectivity index (χ4n) is 4.09. The quantitative estimate of drug-likeness (QED) is 0.143. The summed E-state index contributed by atoms with van der Waals surface area (Å²) in [5.74, 6) is 19.4. The predicted molar refractivity (Wildman–Crippen MR) is 167 cm³/mol. The van der Waals surface area contributed by atoms with Gasteiger partial charge in [0.15, 0.2) is 0 Å². The maximum Gasteiger partial charge on any atom is 0.425 e. The molecule has 0 unspecified atom stereocenters. The van der Waals surface area contributed by atoms with E-state index >= 15 is 0 Å². The third-order valence-corrected chi connectivity index (χ3v) is 6.37. The van der Waals surface area contributed by atoms with Gasteiger partial charge in [0.2, 0.25) is 0 Å². The van der Waals surface area contributed by atoms with E-state index in [2.05, 4.69) is 47.4 Å². The van der Waals surface area contributed by atoms with Crippen molar-refractivity contribution < 1.29 is 26.3 Å². The molecule has 230 valence electrons. The summed E-state index contributed by atoms with van der Waals surface area (Å²) in [4.78, 5) is 0. The summed E-state index contributed by atoms with van der Waals surface area (Å²) in [5.41, 5.74) is -2.64. The van der Waals surface area contributed by atoms with Gasteiger partial charge >= 0.3 is 12.4 Å². The molecule has 0 radical (unpaired) electrons. The Morgan fingerprint density at radius 1 is 0.500 bits per heavy atom. The highest BCUT2D eigenvalue weighted by Gasteiger charge is 2.36. The summed E-state index contributed by atoms with van der Waals surface area (Å²) in [6.45, 7) is 4.07. The van der Waals surface area contributed by atoms with E-state index in [0.29, 0.717) is 25.7 Å². The molecule has 2 aromatic carbocycles. The number of hydrogen-bond acceptors (Lipinski definition) is 0. The summed E-state index contributed by atoms with van der Waals surface area (Å²) < 4.78 is 85.1. The minimum atomic E-state index is -4.80. The highest BCUT2D eigenvalue weighted by atomic mass is 19.4. The lowest BCUT2D eigenvalue weighted by Gasteiger charge is -2.10. The number of alkyl halides is 6. The summed E-state index contributed by atoms with van der Waals surface area (Å²) in [6, 6.07) is 15.5. The van der Waals surface area contributed by atoms with Crippen LogP contribution in [0.25, 0.3) is 11.1 Å². The predicted octanol–water partition coefficient (Wildman–Crippen LogP) is 11.0. The molecule has 0 atom stereocenters. The van der Waals surface area contributed by atoms with E-state index in [4.69, 9.17) is 0 Å². The first-order valence-corrected chi connectivity index (χ1v) is 14.8. The zero-order valence-electron chi connectivity index (χ0n) is 25.1. The molecule has 0 aliphatic carbocycles. The molecule has 0 nitrogen and oxygen atoms in total. The van der Waals surface area contributed by atoms with Crippen LogP contribution in [-0.2, 0) is 0 Å². The second-order valence-corrected chi connectivity index (χ2v) is 9.95. The maximum atomic E-state index is 14.2. The Morgan fingerprint density at radius 2 is 0.864 bits per heavy atom. The average Bonchev–Trinajstić information content (AvgIpc) is 2.99. The van der Waals surface area contributed by atoms with E-state index in [1.54, 1.807) is 36.4 Å². The van der Waals surface area contributed by atoms with E-state index in [0.717, 1.165) is 38.5 Å². The van der Waals surface area contributed by atoms with Gasteiger partial charge in [0.25, 0.3) is 0 Å². The molecule has 0 saturated heterocycles. The van der Waals surface area contributed by atoms with E-state index in [-0.39, 0.29) is 22.3 Å². The molecule has 0 heterocycles. The van der Waals surface area contributed by atoms with Crippen LogP contribution in [0, 0.1) is 47.4 Å². The van der Waals surface area contributed by atoms with Crippen LogP contribution >= 0.6 is 0 Å². The molecular weight excluding hydrogens is 570 g/mol. The number of allylic oxidation sites excluding steroid dienone is 4. The average molecular weight is 607 g/mol. The van der Waals surface area contributed by atoms with Gasteiger partial charge in [-0.1, -0.05) is 149 Å². The third kappa shape index (κ3) is 12.9. The summed E-state index contributed by atoms with van der Waals surface area (Å²) in [7, 11) is 0. The Labute approximate surface area is 258 Å². The molecule has 0 bridgehead atoms. The zero-order valence-corrected chi connectivity index (χ0v) is 25.1. The number of halogens is 6. The topological polar surface area (TPSA) is 0 Å². The standard InChI is InChI=1S/C38H36F6/c1-3-5-7-9-11-19-29-35(37(39,40)41)33(31-23-15-13-16-24-31)27-21-22-28-34(32-25-17-14-18-26-32)36(38(42,43)44)30-20-12-10-8-6-4-2/h13-18,23-26H,3-12H2,1-2H3/b35-33+,36-34+. The molecule has 6 heteroatoms. The number of rotatable bonds is 10. The lowest BCUT2D eigenvalue weighted by molar-refractivity contribution is -0.0874. The van der Waals surface area contributed by atoms with Crippen molar-refractivity contribution in [3.8, 4) is 47.4 Å². The lowest BCUT2D eigenvalue weighted by Crippen LogP contribution is -2.13. The van der Waals surface area contributed by atoms with Gasteiger partial charge in [0.05, 0.1) is 11.1 Å². The van der Waals surface area contributed by atoms with Crippen molar-refractivity contribution in [1.29, 1.82) is 0 Å². The fourth-order valence-corrected chi connectivity index (χ4v) is 4.09. The first-order valence-electron chi connectivity index (χ1n) is 14.8. The normalized spacial score (nSPS) is 12.1. The molecule has 0 amide bonds. The van der Waals surface area contributed by atoms with Crippen molar-refractivity contribution in [1.82, 2.24) is 0 Å². The highest BCUT2D eigenvalue weighted by Crippen LogP contribution is 2.33. The van der Waals surface area contributed by atoms with E-state index in [1.165, 1.54) is 24.3 Å². The van der Waals surface area contributed by atoms with Crippen LogP contribution in [0.5, 0.6) is 0 Å². The van der Waals surface area contributed by atoms with Crippen LogP contribution in [0.2, 0.25) is 0 Å². The molecule has 2 rings (SSSR count). The Hall–Kier alpha value is -4.26. The van der Waals surface area contributed by atoms with Gasteiger partial charge in [-0.2, -0.15) is 26.3 Å². The van der Waals surface area contributed by atoms with Gasteiger partial charge in [0, 0.05) is 12.8 Å². The Balaban J connectivity index is 2.66. The maximum absolute atomic E-state index is 14.2. The Morgan fingerprint density at radius 3 is 1.18 bits per heavy atom. The van der Waals surface area contributed by atoms with Crippen molar-refractivity contribution >= 4 is 11.1 Å². The third-order valence-electron chi connectivity index (χ3n) is 6.37. The summed E-state index contributed by atoms with van der Waals surface area (Å²) in [6.07, 6.45) is -1.94. The van der Waals surface area contributed by atoms with Crippen molar-refractivity contribution in [2.45, 2.75) is 90.4 Å². The largest absolute Gasteiger partial charge is 0.425 e. The van der Waals surface area contributed by atoms with Crippen LogP contribution in [-0.4, -0.2) is 12.4 Å². The molecule has 0 spiro atoms. The molecule has 0 aliphatic rings. The van der Waals surface area contributed by atoms with Crippen molar-refractivity contribution in [2.75, 3.05) is 0 Å². The van der Waals surface area contributed by atoms with E-state index in [1.807, 2.05) is 13.8 Å². The highest BCUT2D eigenvalue weighted by molar-refractivity contribution is 5.87. The Bertz CT molecular complexity index is 1370. The molecule has 0 N–H and O–H groups in total. The molecule has 2 aromatic rings. The number of unbranched alkanes of at least 4 members (excludes halogenated alkanes) is 8. The molecule has 0 fully saturated rings. The summed E-state index contributed by atoms with van der Waals surface area (Å²) in [5, 5.41) is 0. The minimum absolute atomic E-state index is 0.179. The van der Waals surface area contributed by atoms with Crippen molar-refractivity contribution in [3.63, 3.8) is 0 Å². The van der Waals surface area contributed by atoms with Gasteiger partial charge in [0.1, 0.15) is 11.1 Å². The van der Waals surface area contributed by atoms with Crippen molar-refractivity contribution in [3.05, 3.63) is 82.9 Å². The second-order valence-electron chi connectivity index (χ2n) is 9.95. The lowest BCUT2D eigenvalue weighted by atomic mass is 9.99. The molecule has 0 aliphatic heterocycles.